The molecule has 7 nitrogen and oxygen atoms in total. The summed E-state index contributed by atoms with van der Waals surface area (Å²) >= 11 is 0. The molecule has 1 aliphatic heterocycles. The fourth-order valence-corrected chi connectivity index (χ4v) is 3.38. The number of rotatable bonds is 4. The van der Waals surface area contributed by atoms with Crippen LogP contribution >= 0.6 is 0 Å². The van der Waals surface area contributed by atoms with Gasteiger partial charge in [0.1, 0.15) is 18.3 Å². The molecule has 2 aromatic heterocycles. The molecule has 0 saturated carbocycles. The van der Waals surface area contributed by atoms with E-state index >= 15 is 0 Å². The SMILES string of the molecule is [C-]#[N+]c1cccc(Oc2ncnc3c2ncn3[C@H]2CC(C)[C@@H](CC)O2)c1. The highest BCUT2D eigenvalue weighted by atomic mass is 16.5. The van der Waals surface area contributed by atoms with Crippen molar-refractivity contribution in [1.29, 1.82) is 0 Å². The molecule has 1 aromatic carbocycles. The lowest BCUT2D eigenvalue weighted by Crippen LogP contribution is -2.12. The number of hydrogen-bond acceptors (Lipinski definition) is 5. The summed E-state index contributed by atoms with van der Waals surface area (Å²) in [6, 6.07) is 6.96. The van der Waals surface area contributed by atoms with Gasteiger partial charge in [0, 0.05) is 0 Å². The van der Waals surface area contributed by atoms with Crippen LogP contribution < -0.4 is 4.74 Å². The van der Waals surface area contributed by atoms with Gasteiger partial charge in [0.25, 0.3) is 5.88 Å². The molecule has 132 valence electrons. The van der Waals surface area contributed by atoms with Crippen molar-refractivity contribution in [2.45, 2.75) is 39.0 Å². The predicted octanol–water partition coefficient (Wildman–Crippen LogP) is 4.50. The van der Waals surface area contributed by atoms with Gasteiger partial charge in [0.2, 0.25) is 0 Å². The average molecular weight is 349 g/mol. The molecule has 7 heteroatoms. The lowest BCUT2D eigenvalue weighted by molar-refractivity contribution is -0.00304. The second kappa shape index (κ2) is 6.73. The molecule has 0 radical (unpaired) electrons. The zero-order valence-electron chi connectivity index (χ0n) is 14.7. The molecule has 1 fully saturated rings. The smallest absolute Gasteiger partial charge is 0.250 e. The van der Waals surface area contributed by atoms with Crippen LogP contribution in [0.3, 0.4) is 0 Å². The zero-order chi connectivity index (χ0) is 18.1. The lowest BCUT2D eigenvalue weighted by Gasteiger charge is -2.14. The van der Waals surface area contributed by atoms with Crippen molar-refractivity contribution in [3.63, 3.8) is 0 Å². The lowest BCUT2D eigenvalue weighted by atomic mass is 10.0. The summed E-state index contributed by atoms with van der Waals surface area (Å²) in [4.78, 5) is 16.5. The average Bonchev–Trinajstić information content (AvgIpc) is 3.25. The Morgan fingerprint density at radius 2 is 2.23 bits per heavy atom. The van der Waals surface area contributed by atoms with Gasteiger partial charge >= 0.3 is 0 Å². The summed E-state index contributed by atoms with van der Waals surface area (Å²) < 4.78 is 14.0. The topological polar surface area (TPSA) is 66.4 Å². The maximum atomic E-state index is 7.11. The molecule has 1 unspecified atom stereocenters. The van der Waals surface area contributed by atoms with E-state index in [-0.39, 0.29) is 12.3 Å². The maximum absolute atomic E-state index is 7.11. The molecule has 3 atom stereocenters. The van der Waals surface area contributed by atoms with E-state index in [0.29, 0.717) is 34.4 Å². The van der Waals surface area contributed by atoms with E-state index in [1.165, 1.54) is 6.33 Å². The van der Waals surface area contributed by atoms with Crippen LogP contribution in [0, 0.1) is 12.5 Å². The molecule has 0 aliphatic carbocycles. The molecule has 4 rings (SSSR count). The molecule has 0 amide bonds. The first-order valence-corrected chi connectivity index (χ1v) is 8.68. The Bertz CT molecular complexity index is 977. The molecular formula is C19H19N5O2. The molecular weight excluding hydrogens is 330 g/mol. The fraction of sp³-hybridized carbons (Fsp3) is 0.368. The number of aromatic nitrogens is 4. The number of hydrogen-bond donors (Lipinski definition) is 0. The monoisotopic (exact) mass is 349 g/mol. The number of fused-ring (bicyclic) bond motifs is 1. The third kappa shape index (κ3) is 2.89. The Morgan fingerprint density at radius 3 is 3.00 bits per heavy atom. The van der Waals surface area contributed by atoms with Gasteiger partial charge in [-0.1, -0.05) is 26.0 Å². The highest BCUT2D eigenvalue weighted by molar-refractivity contribution is 5.76. The minimum Gasteiger partial charge on any atom is -0.438 e. The van der Waals surface area contributed by atoms with E-state index in [4.69, 9.17) is 16.0 Å². The first-order chi connectivity index (χ1) is 12.7. The minimum atomic E-state index is -0.0758. The Balaban J connectivity index is 1.66. The van der Waals surface area contributed by atoms with Crippen LogP contribution in [-0.4, -0.2) is 25.6 Å². The van der Waals surface area contributed by atoms with Crippen LogP contribution in [0.4, 0.5) is 5.69 Å². The second-order valence-corrected chi connectivity index (χ2v) is 6.46. The Hall–Kier alpha value is -2.98. The first kappa shape index (κ1) is 16.5. The van der Waals surface area contributed by atoms with Gasteiger partial charge in [0.15, 0.2) is 16.9 Å². The first-order valence-electron chi connectivity index (χ1n) is 8.68. The normalized spacial score (nSPS) is 22.4. The van der Waals surface area contributed by atoms with E-state index in [9.17, 15) is 0 Å². The summed E-state index contributed by atoms with van der Waals surface area (Å²) in [5.41, 5.74) is 1.78. The Kier molecular flexibility index (Phi) is 4.27. The van der Waals surface area contributed by atoms with E-state index < -0.39 is 0 Å². The van der Waals surface area contributed by atoms with E-state index in [0.717, 1.165) is 12.8 Å². The van der Waals surface area contributed by atoms with Gasteiger partial charge in [0.05, 0.1) is 19.0 Å². The number of imidazole rings is 1. The van der Waals surface area contributed by atoms with Crippen molar-refractivity contribution < 1.29 is 9.47 Å². The molecule has 1 saturated heterocycles. The third-order valence-corrected chi connectivity index (χ3v) is 4.74. The fourth-order valence-electron chi connectivity index (χ4n) is 3.38. The van der Waals surface area contributed by atoms with Crippen LogP contribution in [0.15, 0.2) is 36.9 Å². The highest BCUT2D eigenvalue weighted by Crippen LogP contribution is 2.37. The maximum Gasteiger partial charge on any atom is 0.250 e. The van der Waals surface area contributed by atoms with Gasteiger partial charge in [-0.3, -0.25) is 4.57 Å². The Labute approximate surface area is 151 Å². The molecule has 0 bridgehead atoms. The van der Waals surface area contributed by atoms with Crippen LogP contribution in [0.5, 0.6) is 11.6 Å². The van der Waals surface area contributed by atoms with Crippen LogP contribution in [0.1, 0.15) is 32.9 Å². The van der Waals surface area contributed by atoms with Crippen molar-refractivity contribution in [2.24, 2.45) is 5.92 Å². The van der Waals surface area contributed by atoms with Crippen molar-refractivity contribution in [3.05, 3.63) is 48.3 Å². The number of benzene rings is 1. The standard InChI is InChI=1S/C19H19N5O2/c1-4-15-12(2)8-16(26-15)24-11-23-17-18(24)21-10-22-19(17)25-14-7-5-6-13(9-14)20-3/h5-7,9-12,15-16H,4,8H2,1-2H3/t12?,15-,16-/m1/s1. The summed E-state index contributed by atoms with van der Waals surface area (Å²) in [5.74, 6) is 1.41. The van der Waals surface area contributed by atoms with Gasteiger partial charge < -0.3 is 9.47 Å². The predicted molar refractivity (Wildman–Crippen MR) is 96.1 cm³/mol. The van der Waals surface area contributed by atoms with Gasteiger partial charge in [-0.15, -0.1) is 0 Å². The summed E-state index contributed by atoms with van der Waals surface area (Å²) in [5, 5.41) is 0. The van der Waals surface area contributed by atoms with Crippen LogP contribution in [-0.2, 0) is 4.74 Å². The molecule has 0 N–H and O–H groups in total. The number of nitrogens with zero attached hydrogens (tertiary/aromatic N) is 5. The van der Waals surface area contributed by atoms with E-state index in [1.807, 2.05) is 4.57 Å². The van der Waals surface area contributed by atoms with Crippen LogP contribution in [0.25, 0.3) is 16.0 Å². The quantitative estimate of drug-likeness (QED) is 0.649. The molecule has 26 heavy (non-hydrogen) atoms. The third-order valence-electron chi connectivity index (χ3n) is 4.74. The largest absolute Gasteiger partial charge is 0.438 e. The molecule has 3 heterocycles. The van der Waals surface area contributed by atoms with Crippen molar-refractivity contribution in [3.8, 4) is 11.6 Å². The van der Waals surface area contributed by atoms with E-state index in [2.05, 4.69) is 33.6 Å². The van der Waals surface area contributed by atoms with E-state index in [1.54, 1.807) is 30.6 Å². The number of ether oxygens (including phenoxy) is 2. The Morgan fingerprint density at radius 1 is 1.35 bits per heavy atom. The summed E-state index contributed by atoms with van der Waals surface area (Å²) in [6.45, 7) is 11.5. The highest BCUT2D eigenvalue weighted by Gasteiger charge is 2.33. The van der Waals surface area contributed by atoms with Crippen LogP contribution in [0.2, 0.25) is 0 Å². The van der Waals surface area contributed by atoms with Crippen molar-refractivity contribution in [2.75, 3.05) is 0 Å². The summed E-state index contributed by atoms with van der Waals surface area (Å²) in [7, 11) is 0. The molecule has 0 spiro atoms. The van der Waals surface area contributed by atoms with Crippen molar-refractivity contribution >= 4 is 16.9 Å². The van der Waals surface area contributed by atoms with Crippen molar-refractivity contribution in [1.82, 2.24) is 19.5 Å². The van der Waals surface area contributed by atoms with Gasteiger partial charge in [-0.25, -0.2) is 14.8 Å². The molecule has 1 aliphatic rings. The minimum absolute atomic E-state index is 0.0758. The van der Waals surface area contributed by atoms with Gasteiger partial charge in [-0.2, -0.15) is 4.98 Å². The molecule has 3 aromatic rings. The zero-order valence-corrected chi connectivity index (χ0v) is 14.7. The second-order valence-electron chi connectivity index (χ2n) is 6.46. The van der Waals surface area contributed by atoms with Gasteiger partial charge in [-0.05, 0) is 30.9 Å². The summed E-state index contributed by atoms with van der Waals surface area (Å²) in [6.07, 6.45) is 5.29.